The van der Waals surface area contributed by atoms with Gasteiger partial charge >= 0.3 is 11.9 Å². The fourth-order valence-electron chi connectivity index (χ4n) is 5.20. The van der Waals surface area contributed by atoms with Crippen molar-refractivity contribution in [3.63, 3.8) is 0 Å². The van der Waals surface area contributed by atoms with Crippen molar-refractivity contribution < 1.29 is 23.8 Å². The number of fused-ring (bicyclic) bond motifs is 3. The molecular formula is C26H38O5. The van der Waals surface area contributed by atoms with E-state index in [0.29, 0.717) is 12.4 Å². The first-order valence-electron chi connectivity index (χ1n) is 11.8. The van der Waals surface area contributed by atoms with Crippen LogP contribution in [0.4, 0.5) is 0 Å². The number of ether oxygens (including phenoxy) is 3. The average molecular weight is 431 g/mol. The van der Waals surface area contributed by atoms with Crippen molar-refractivity contribution in [2.24, 2.45) is 5.92 Å². The van der Waals surface area contributed by atoms with Crippen LogP contribution in [0.25, 0.3) is 0 Å². The van der Waals surface area contributed by atoms with Gasteiger partial charge in [0.1, 0.15) is 17.1 Å². The van der Waals surface area contributed by atoms with Gasteiger partial charge in [-0.05, 0) is 49.8 Å². The Balaban J connectivity index is 2.06. The molecule has 5 heteroatoms. The molecule has 0 radical (unpaired) electrons. The maximum atomic E-state index is 12.3. The monoisotopic (exact) mass is 430 g/mol. The number of cyclic esters (lactones) is 1. The topological polar surface area (TPSA) is 61.8 Å². The largest absolute Gasteiger partial charge is 0.487 e. The first-order valence-corrected chi connectivity index (χ1v) is 11.8. The maximum absolute atomic E-state index is 12.3. The molecular weight excluding hydrogens is 392 g/mol. The summed E-state index contributed by atoms with van der Waals surface area (Å²) in [4.78, 5) is 24.3. The standard InChI is InChI=1S/C26H38O5/c1-7-8-9-10-12-25(3,4)18-14-21(30-17(2)27)24-19-16-23(28)29-13-11-20(19)26(5,6)31-22(24)15-18/h14-15,19-20H,7-13,16H2,1-6H3. The van der Waals surface area contributed by atoms with Gasteiger partial charge in [0.15, 0.2) is 0 Å². The normalized spacial score (nSPS) is 22.5. The minimum atomic E-state index is -0.441. The fraction of sp³-hybridized carbons (Fsp3) is 0.692. The van der Waals surface area contributed by atoms with E-state index in [-0.39, 0.29) is 35.6 Å². The molecule has 0 saturated carbocycles. The Morgan fingerprint density at radius 1 is 1.23 bits per heavy atom. The van der Waals surface area contributed by atoms with Gasteiger partial charge in [0.05, 0.1) is 13.0 Å². The van der Waals surface area contributed by atoms with Crippen molar-refractivity contribution in [2.75, 3.05) is 6.61 Å². The number of carbonyl (C=O) groups is 2. The molecule has 2 aliphatic rings. The molecule has 3 rings (SSSR count). The highest BCUT2D eigenvalue weighted by atomic mass is 16.5. The van der Waals surface area contributed by atoms with Gasteiger partial charge in [-0.2, -0.15) is 0 Å². The number of rotatable bonds is 7. The minimum absolute atomic E-state index is 0.0790. The van der Waals surface area contributed by atoms with Gasteiger partial charge in [-0.3, -0.25) is 9.59 Å². The molecule has 0 aromatic heterocycles. The molecule has 1 aromatic rings. The van der Waals surface area contributed by atoms with Gasteiger partial charge in [0.25, 0.3) is 0 Å². The zero-order valence-electron chi connectivity index (χ0n) is 20.0. The number of benzene rings is 1. The molecule has 2 aliphatic heterocycles. The molecule has 0 spiro atoms. The van der Waals surface area contributed by atoms with Gasteiger partial charge < -0.3 is 14.2 Å². The van der Waals surface area contributed by atoms with Crippen LogP contribution in [-0.4, -0.2) is 24.1 Å². The van der Waals surface area contributed by atoms with E-state index in [9.17, 15) is 9.59 Å². The maximum Gasteiger partial charge on any atom is 0.308 e. The summed E-state index contributed by atoms with van der Waals surface area (Å²) in [5.41, 5.74) is 1.42. The Labute approximate surface area is 186 Å². The lowest BCUT2D eigenvalue weighted by molar-refractivity contribution is -0.142. The smallest absolute Gasteiger partial charge is 0.308 e. The molecule has 1 saturated heterocycles. The SMILES string of the molecule is CCCCCCC(C)(C)c1cc(OC(C)=O)c2c(c1)OC(C)(C)C1CCOC(=O)CC21. The van der Waals surface area contributed by atoms with E-state index in [1.807, 2.05) is 6.07 Å². The number of esters is 2. The van der Waals surface area contributed by atoms with E-state index < -0.39 is 5.60 Å². The Bertz CT molecular complexity index is 823. The van der Waals surface area contributed by atoms with Crippen molar-refractivity contribution in [3.05, 3.63) is 23.3 Å². The molecule has 172 valence electrons. The summed E-state index contributed by atoms with van der Waals surface area (Å²) in [6.07, 6.45) is 6.89. The number of carbonyl (C=O) groups excluding carboxylic acids is 2. The second-order valence-electron chi connectivity index (χ2n) is 10.3. The fourth-order valence-corrected chi connectivity index (χ4v) is 5.20. The van der Waals surface area contributed by atoms with Crippen LogP contribution in [0.5, 0.6) is 11.5 Å². The summed E-state index contributed by atoms with van der Waals surface area (Å²) in [7, 11) is 0. The molecule has 2 heterocycles. The van der Waals surface area contributed by atoms with E-state index in [2.05, 4.69) is 40.7 Å². The molecule has 5 nitrogen and oxygen atoms in total. The zero-order chi connectivity index (χ0) is 22.8. The van der Waals surface area contributed by atoms with Crippen LogP contribution in [0.2, 0.25) is 0 Å². The van der Waals surface area contributed by atoms with E-state index in [1.165, 1.54) is 26.2 Å². The third kappa shape index (κ3) is 5.24. The van der Waals surface area contributed by atoms with Crippen molar-refractivity contribution in [3.8, 4) is 11.5 Å². The Hall–Kier alpha value is -2.04. The summed E-state index contributed by atoms with van der Waals surface area (Å²) in [6.45, 7) is 12.7. The van der Waals surface area contributed by atoms with Crippen LogP contribution in [0.1, 0.15) is 104 Å². The molecule has 2 unspecified atom stereocenters. The Morgan fingerprint density at radius 2 is 1.97 bits per heavy atom. The highest BCUT2D eigenvalue weighted by Gasteiger charge is 2.47. The lowest BCUT2D eigenvalue weighted by Gasteiger charge is -2.45. The van der Waals surface area contributed by atoms with Gasteiger partial charge in [-0.15, -0.1) is 0 Å². The van der Waals surface area contributed by atoms with Gasteiger partial charge in [0.2, 0.25) is 0 Å². The first-order chi connectivity index (χ1) is 14.5. The summed E-state index contributed by atoms with van der Waals surface area (Å²) >= 11 is 0. The van der Waals surface area contributed by atoms with E-state index in [1.54, 1.807) is 0 Å². The third-order valence-corrected chi connectivity index (χ3v) is 7.00. The number of unbranched alkanes of at least 4 members (excludes halogenated alkanes) is 3. The lowest BCUT2D eigenvalue weighted by atomic mass is 9.70. The molecule has 0 amide bonds. The Kier molecular flexibility index (Phi) is 7.02. The lowest BCUT2D eigenvalue weighted by Crippen LogP contribution is -2.45. The van der Waals surface area contributed by atoms with Crippen LogP contribution in [-0.2, 0) is 19.7 Å². The van der Waals surface area contributed by atoms with Crippen LogP contribution < -0.4 is 9.47 Å². The molecule has 0 aliphatic carbocycles. The first kappa shape index (κ1) is 23.6. The predicted molar refractivity (Wildman–Crippen MR) is 121 cm³/mol. The Morgan fingerprint density at radius 3 is 2.65 bits per heavy atom. The minimum Gasteiger partial charge on any atom is -0.487 e. The number of hydrogen-bond acceptors (Lipinski definition) is 5. The van der Waals surface area contributed by atoms with Gasteiger partial charge in [-0.1, -0.05) is 46.5 Å². The van der Waals surface area contributed by atoms with Crippen LogP contribution in [0, 0.1) is 5.92 Å². The molecule has 2 atom stereocenters. The summed E-state index contributed by atoms with van der Waals surface area (Å²) in [5.74, 6) is 0.708. The van der Waals surface area contributed by atoms with Crippen molar-refractivity contribution in [2.45, 2.75) is 103 Å². The predicted octanol–water partition coefficient (Wildman–Crippen LogP) is 6.07. The third-order valence-electron chi connectivity index (χ3n) is 7.00. The van der Waals surface area contributed by atoms with Crippen LogP contribution in [0.15, 0.2) is 12.1 Å². The van der Waals surface area contributed by atoms with E-state index >= 15 is 0 Å². The highest BCUT2D eigenvalue weighted by Crippen LogP contribution is 2.53. The van der Waals surface area contributed by atoms with Crippen LogP contribution in [0.3, 0.4) is 0 Å². The van der Waals surface area contributed by atoms with Crippen molar-refractivity contribution in [1.29, 1.82) is 0 Å². The molecule has 0 bridgehead atoms. The second-order valence-corrected chi connectivity index (χ2v) is 10.3. The summed E-state index contributed by atoms with van der Waals surface area (Å²) in [5, 5.41) is 0. The van der Waals surface area contributed by atoms with Crippen LogP contribution >= 0.6 is 0 Å². The highest BCUT2D eigenvalue weighted by molar-refractivity contribution is 5.74. The van der Waals surface area contributed by atoms with E-state index in [4.69, 9.17) is 14.2 Å². The van der Waals surface area contributed by atoms with Gasteiger partial charge in [0, 0.05) is 24.3 Å². The zero-order valence-corrected chi connectivity index (χ0v) is 20.0. The summed E-state index contributed by atoms with van der Waals surface area (Å²) in [6, 6.07) is 4.10. The average Bonchev–Trinajstić information content (AvgIpc) is 2.86. The van der Waals surface area contributed by atoms with Gasteiger partial charge in [-0.25, -0.2) is 0 Å². The number of hydrogen-bond donors (Lipinski definition) is 0. The quantitative estimate of drug-likeness (QED) is 0.298. The molecule has 0 N–H and O–H groups in total. The molecule has 31 heavy (non-hydrogen) atoms. The summed E-state index contributed by atoms with van der Waals surface area (Å²) < 4.78 is 17.6. The van der Waals surface area contributed by atoms with Crippen molar-refractivity contribution in [1.82, 2.24) is 0 Å². The molecule has 1 fully saturated rings. The van der Waals surface area contributed by atoms with Crippen molar-refractivity contribution >= 4 is 11.9 Å². The second kappa shape index (κ2) is 9.22. The molecule has 1 aromatic carbocycles. The van der Waals surface area contributed by atoms with E-state index in [0.717, 1.165) is 36.1 Å².